The summed E-state index contributed by atoms with van der Waals surface area (Å²) < 4.78 is 23.9. The van der Waals surface area contributed by atoms with Crippen LogP contribution in [0.1, 0.15) is 6.42 Å². The van der Waals surface area contributed by atoms with Crippen LogP contribution in [0.25, 0.3) is 0 Å². The number of hydrogen-bond donors (Lipinski definition) is 1. The van der Waals surface area contributed by atoms with Crippen LogP contribution in [0.5, 0.6) is 0 Å². The van der Waals surface area contributed by atoms with Crippen molar-refractivity contribution in [1.82, 2.24) is 0 Å². The van der Waals surface area contributed by atoms with E-state index in [-0.39, 0.29) is 16.3 Å². The van der Waals surface area contributed by atoms with E-state index in [0.717, 1.165) is 5.75 Å². The summed E-state index contributed by atoms with van der Waals surface area (Å²) >= 11 is 7.38. The van der Waals surface area contributed by atoms with Crippen LogP contribution in [0.3, 0.4) is 0 Å². The van der Waals surface area contributed by atoms with Crippen LogP contribution in [-0.2, 0) is 9.84 Å². The summed E-state index contributed by atoms with van der Waals surface area (Å²) in [5, 5.41) is 0.387. The van der Waals surface area contributed by atoms with Gasteiger partial charge in [-0.15, -0.1) is 0 Å². The quantitative estimate of drug-likeness (QED) is 0.664. The molecule has 0 spiro atoms. The molecule has 16 heavy (non-hydrogen) atoms. The number of anilines is 1. The molecular formula is C10H14ClNO2S2. The summed E-state index contributed by atoms with van der Waals surface area (Å²) in [6.45, 7) is 0. The second-order valence-corrected chi connectivity index (χ2v) is 6.85. The predicted octanol–water partition coefficient (Wildman–Crippen LogP) is 2.45. The van der Waals surface area contributed by atoms with Gasteiger partial charge in [-0.1, -0.05) is 11.6 Å². The Kier molecular flexibility index (Phi) is 4.95. The van der Waals surface area contributed by atoms with E-state index in [0.29, 0.717) is 11.4 Å². The summed E-state index contributed by atoms with van der Waals surface area (Å²) in [6, 6.07) is 4.51. The van der Waals surface area contributed by atoms with Gasteiger partial charge in [-0.25, -0.2) is 8.42 Å². The molecule has 0 unspecified atom stereocenters. The summed E-state index contributed by atoms with van der Waals surface area (Å²) in [4.78, 5) is 0.140. The van der Waals surface area contributed by atoms with Gasteiger partial charge in [0.15, 0.2) is 9.84 Å². The normalized spacial score (nSPS) is 11.6. The van der Waals surface area contributed by atoms with Crippen molar-refractivity contribution < 1.29 is 8.42 Å². The minimum Gasteiger partial charge on any atom is -0.398 e. The van der Waals surface area contributed by atoms with Gasteiger partial charge >= 0.3 is 0 Å². The number of rotatable bonds is 5. The van der Waals surface area contributed by atoms with Crippen molar-refractivity contribution >= 4 is 38.9 Å². The van der Waals surface area contributed by atoms with Crippen molar-refractivity contribution in [3.63, 3.8) is 0 Å². The molecule has 1 rings (SSSR count). The Morgan fingerprint density at radius 3 is 2.75 bits per heavy atom. The lowest BCUT2D eigenvalue weighted by Gasteiger charge is -2.07. The number of benzene rings is 1. The topological polar surface area (TPSA) is 60.2 Å². The first-order valence-electron chi connectivity index (χ1n) is 4.74. The lowest BCUT2D eigenvalue weighted by atomic mass is 10.3. The third-order valence-electron chi connectivity index (χ3n) is 2.07. The first-order valence-corrected chi connectivity index (χ1v) is 8.16. The van der Waals surface area contributed by atoms with Gasteiger partial charge in [0, 0.05) is 5.02 Å². The van der Waals surface area contributed by atoms with Crippen LogP contribution in [0.15, 0.2) is 23.1 Å². The third-order valence-corrected chi connectivity index (χ3v) is 4.85. The van der Waals surface area contributed by atoms with Gasteiger partial charge in [-0.05, 0) is 36.6 Å². The maximum atomic E-state index is 11.9. The van der Waals surface area contributed by atoms with E-state index in [1.807, 2.05) is 6.26 Å². The highest BCUT2D eigenvalue weighted by atomic mass is 35.5. The second-order valence-electron chi connectivity index (χ2n) is 3.35. The molecule has 0 radical (unpaired) electrons. The first-order chi connectivity index (χ1) is 7.47. The van der Waals surface area contributed by atoms with Crippen LogP contribution in [0.4, 0.5) is 5.69 Å². The number of nitrogen functional groups attached to an aromatic ring is 1. The zero-order chi connectivity index (χ0) is 12.2. The largest absolute Gasteiger partial charge is 0.398 e. The summed E-state index contributed by atoms with van der Waals surface area (Å²) in [6.07, 6.45) is 2.57. The molecule has 0 bridgehead atoms. The van der Waals surface area contributed by atoms with E-state index in [4.69, 9.17) is 17.3 Å². The summed E-state index contributed by atoms with van der Waals surface area (Å²) in [5.74, 6) is 0.929. The lowest BCUT2D eigenvalue weighted by molar-refractivity contribution is 0.595. The molecule has 0 saturated carbocycles. The van der Waals surface area contributed by atoms with Gasteiger partial charge in [-0.3, -0.25) is 0 Å². The molecule has 0 atom stereocenters. The molecule has 0 aliphatic rings. The molecule has 1 aromatic rings. The van der Waals surface area contributed by atoms with E-state index >= 15 is 0 Å². The van der Waals surface area contributed by atoms with Crippen molar-refractivity contribution in [3.05, 3.63) is 23.2 Å². The molecule has 0 heterocycles. The highest BCUT2D eigenvalue weighted by molar-refractivity contribution is 7.98. The maximum absolute atomic E-state index is 11.9. The van der Waals surface area contributed by atoms with E-state index in [1.165, 1.54) is 12.1 Å². The molecule has 90 valence electrons. The number of hydrogen-bond acceptors (Lipinski definition) is 4. The molecule has 0 aliphatic heterocycles. The standard InChI is InChI=1S/C10H14ClNO2S2/c1-15-5-2-6-16(13,14)10-7-8(11)3-4-9(10)12/h3-4,7H,2,5-6,12H2,1H3. The molecule has 1 aromatic carbocycles. The Labute approximate surface area is 105 Å². The Hall–Kier alpha value is -0.390. The zero-order valence-corrected chi connectivity index (χ0v) is 11.3. The highest BCUT2D eigenvalue weighted by Gasteiger charge is 2.17. The van der Waals surface area contributed by atoms with Crippen molar-refractivity contribution in [2.75, 3.05) is 23.5 Å². The molecule has 0 aromatic heterocycles. The fourth-order valence-electron chi connectivity index (χ4n) is 1.28. The van der Waals surface area contributed by atoms with Crippen LogP contribution in [0.2, 0.25) is 5.02 Å². The minimum atomic E-state index is -3.31. The van der Waals surface area contributed by atoms with Gasteiger partial charge in [0.05, 0.1) is 16.3 Å². The number of nitrogens with two attached hydrogens (primary N) is 1. The van der Waals surface area contributed by atoms with Crippen LogP contribution in [-0.4, -0.2) is 26.2 Å². The Balaban J connectivity index is 2.93. The van der Waals surface area contributed by atoms with Crippen LogP contribution >= 0.6 is 23.4 Å². The van der Waals surface area contributed by atoms with Crippen molar-refractivity contribution in [3.8, 4) is 0 Å². The molecule has 6 heteroatoms. The lowest BCUT2D eigenvalue weighted by Crippen LogP contribution is -2.10. The molecule has 3 nitrogen and oxygen atoms in total. The van der Waals surface area contributed by atoms with Crippen molar-refractivity contribution in [1.29, 1.82) is 0 Å². The number of halogens is 1. The van der Waals surface area contributed by atoms with E-state index < -0.39 is 9.84 Å². The summed E-state index contributed by atoms with van der Waals surface area (Å²) in [5.41, 5.74) is 5.89. The van der Waals surface area contributed by atoms with E-state index in [9.17, 15) is 8.42 Å². The minimum absolute atomic E-state index is 0.110. The number of thioether (sulfide) groups is 1. The third kappa shape index (κ3) is 3.57. The smallest absolute Gasteiger partial charge is 0.180 e. The maximum Gasteiger partial charge on any atom is 0.180 e. The SMILES string of the molecule is CSCCCS(=O)(=O)c1cc(Cl)ccc1N. The fourth-order valence-corrected chi connectivity index (χ4v) is 3.61. The van der Waals surface area contributed by atoms with Crippen molar-refractivity contribution in [2.24, 2.45) is 0 Å². The van der Waals surface area contributed by atoms with Gasteiger partial charge in [0.1, 0.15) is 0 Å². The highest BCUT2D eigenvalue weighted by Crippen LogP contribution is 2.24. The first kappa shape index (κ1) is 13.7. The van der Waals surface area contributed by atoms with Crippen LogP contribution in [0, 0.1) is 0 Å². The number of sulfone groups is 1. The van der Waals surface area contributed by atoms with Gasteiger partial charge in [-0.2, -0.15) is 11.8 Å². The Bertz CT molecular complexity index is 460. The summed E-state index contributed by atoms with van der Waals surface area (Å²) in [7, 11) is -3.31. The molecule has 0 aliphatic carbocycles. The van der Waals surface area contributed by atoms with E-state index in [1.54, 1.807) is 17.8 Å². The Morgan fingerprint density at radius 1 is 1.44 bits per heavy atom. The monoisotopic (exact) mass is 279 g/mol. The fraction of sp³-hybridized carbons (Fsp3) is 0.400. The van der Waals surface area contributed by atoms with E-state index in [2.05, 4.69) is 0 Å². The molecule has 2 N–H and O–H groups in total. The van der Waals surface area contributed by atoms with Crippen molar-refractivity contribution in [2.45, 2.75) is 11.3 Å². The van der Waals surface area contributed by atoms with Gasteiger partial charge < -0.3 is 5.73 Å². The van der Waals surface area contributed by atoms with Gasteiger partial charge in [0.25, 0.3) is 0 Å². The average molecular weight is 280 g/mol. The average Bonchev–Trinajstić information content (AvgIpc) is 2.22. The molecular weight excluding hydrogens is 266 g/mol. The second kappa shape index (κ2) is 5.80. The molecule has 0 amide bonds. The predicted molar refractivity (Wildman–Crippen MR) is 70.9 cm³/mol. The molecule has 0 fully saturated rings. The van der Waals surface area contributed by atoms with Crippen LogP contribution < -0.4 is 5.73 Å². The zero-order valence-electron chi connectivity index (χ0n) is 8.94. The molecule has 0 saturated heterocycles. The van der Waals surface area contributed by atoms with Gasteiger partial charge in [0.2, 0.25) is 0 Å². The Morgan fingerprint density at radius 2 is 2.12 bits per heavy atom.